The Morgan fingerprint density at radius 2 is 1.92 bits per heavy atom. The molecule has 0 radical (unpaired) electrons. The number of nitrogens with zero attached hydrogens (tertiary/aromatic N) is 3. The lowest BCUT2D eigenvalue weighted by Gasteiger charge is -2.00. The van der Waals surface area contributed by atoms with Crippen molar-refractivity contribution in [1.29, 1.82) is 0 Å². The highest BCUT2D eigenvalue weighted by atomic mass is 19.2. The summed E-state index contributed by atoms with van der Waals surface area (Å²) in [6, 6.07) is 8.71. The summed E-state index contributed by atoms with van der Waals surface area (Å²) in [5, 5.41) is 3.89. The van der Waals surface area contributed by atoms with E-state index in [0.29, 0.717) is 17.6 Å². The normalized spacial score (nSPS) is 11.3. The lowest BCUT2D eigenvalue weighted by atomic mass is 10.2. The molecule has 0 unspecified atom stereocenters. The fourth-order valence-corrected chi connectivity index (χ4v) is 2.84. The van der Waals surface area contributed by atoms with Crippen LogP contribution < -0.4 is 5.69 Å². The predicted octanol–water partition coefficient (Wildman–Crippen LogP) is 3.73. The summed E-state index contributed by atoms with van der Waals surface area (Å²) < 4.78 is 33.2. The number of benzene rings is 2. The van der Waals surface area contributed by atoms with Gasteiger partial charge < -0.3 is 9.51 Å². The van der Waals surface area contributed by atoms with Crippen molar-refractivity contribution in [2.24, 2.45) is 0 Å². The topological polar surface area (TPSA) is 76.7 Å². The molecule has 0 spiro atoms. The van der Waals surface area contributed by atoms with Crippen molar-refractivity contribution in [3.05, 3.63) is 58.5 Å². The van der Waals surface area contributed by atoms with Gasteiger partial charge in [0.05, 0.1) is 11.0 Å². The van der Waals surface area contributed by atoms with Gasteiger partial charge in [0.2, 0.25) is 5.82 Å². The first kappa shape index (κ1) is 16.2. The number of halogens is 2. The number of hydrogen-bond donors (Lipinski definition) is 1. The molecule has 4 rings (SSSR count). The molecule has 6 nitrogen and oxygen atoms in total. The first-order chi connectivity index (χ1) is 12.6. The van der Waals surface area contributed by atoms with Crippen LogP contribution in [0.4, 0.5) is 8.78 Å². The lowest BCUT2D eigenvalue weighted by molar-refractivity contribution is 0.431. The van der Waals surface area contributed by atoms with Crippen LogP contribution in [0.1, 0.15) is 13.3 Å². The maximum absolute atomic E-state index is 13.4. The smallest absolute Gasteiger partial charge is 0.326 e. The van der Waals surface area contributed by atoms with E-state index in [2.05, 4.69) is 15.1 Å². The zero-order chi connectivity index (χ0) is 18.3. The van der Waals surface area contributed by atoms with E-state index < -0.39 is 11.6 Å². The van der Waals surface area contributed by atoms with E-state index in [4.69, 9.17) is 4.52 Å². The van der Waals surface area contributed by atoms with E-state index >= 15 is 0 Å². The molecule has 26 heavy (non-hydrogen) atoms. The molecular formula is C18H14F2N4O2. The summed E-state index contributed by atoms with van der Waals surface area (Å²) in [5.41, 5.74) is 2.21. The Kier molecular flexibility index (Phi) is 3.87. The van der Waals surface area contributed by atoms with Crippen molar-refractivity contribution in [3.8, 4) is 22.8 Å². The standard InChI is InChI=1S/C18H14F2N4O2/c1-2-7-24-15-6-4-10(9-14(15)21-18(24)25)16-22-17(26-23-16)11-3-5-12(19)13(20)8-11/h3-6,8-9H,2,7H2,1H3,(H,21,25). The van der Waals surface area contributed by atoms with Gasteiger partial charge in [-0.3, -0.25) is 4.57 Å². The van der Waals surface area contributed by atoms with Gasteiger partial charge in [0.15, 0.2) is 11.6 Å². The Balaban J connectivity index is 1.73. The number of H-pyrrole nitrogens is 1. The van der Waals surface area contributed by atoms with E-state index in [-0.39, 0.29) is 23.0 Å². The molecular weight excluding hydrogens is 342 g/mol. The number of fused-ring (bicyclic) bond motifs is 1. The highest BCUT2D eigenvalue weighted by Crippen LogP contribution is 2.25. The van der Waals surface area contributed by atoms with Crippen LogP contribution in [0, 0.1) is 11.6 Å². The fourth-order valence-electron chi connectivity index (χ4n) is 2.84. The predicted molar refractivity (Wildman–Crippen MR) is 91.5 cm³/mol. The van der Waals surface area contributed by atoms with Gasteiger partial charge in [0.1, 0.15) is 0 Å². The quantitative estimate of drug-likeness (QED) is 0.604. The highest BCUT2D eigenvalue weighted by Gasteiger charge is 2.14. The molecule has 0 saturated carbocycles. The Hall–Kier alpha value is -3.29. The Bertz CT molecular complexity index is 1160. The number of aryl methyl sites for hydroxylation is 1. The van der Waals surface area contributed by atoms with E-state index in [1.165, 1.54) is 6.07 Å². The van der Waals surface area contributed by atoms with Crippen molar-refractivity contribution in [2.45, 2.75) is 19.9 Å². The van der Waals surface area contributed by atoms with Gasteiger partial charge in [-0.1, -0.05) is 12.1 Å². The number of aromatic amines is 1. The molecule has 0 amide bonds. The largest absolute Gasteiger partial charge is 0.334 e. The molecule has 0 saturated heterocycles. The van der Waals surface area contributed by atoms with Gasteiger partial charge in [-0.2, -0.15) is 4.98 Å². The molecule has 4 aromatic rings. The second kappa shape index (κ2) is 6.21. The SMILES string of the molecule is CCCn1c(=O)[nH]c2cc(-c3noc(-c4ccc(F)c(F)c4)n3)ccc21. The van der Waals surface area contributed by atoms with Crippen molar-refractivity contribution in [1.82, 2.24) is 19.7 Å². The third kappa shape index (κ3) is 2.69. The summed E-state index contributed by atoms with van der Waals surface area (Å²) in [6.45, 7) is 2.62. The molecule has 0 aliphatic heterocycles. The van der Waals surface area contributed by atoms with Crippen LogP contribution in [0.2, 0.25) is 0 Å². The molecule has 2 heterocycles. The molecule has 0 fully saturated rings. The number of aromatic nitrogens is 4. The first-order valence-electron chi connectivity index (χ1n) is 8.09. The van der Waals surface area contributed by atoms with E-state index in [0.717, 1.165) is 24.1 Å². The maximum Gasteiger partial charge on any atom is 0.326 e. The number of hydrogen-bond acceptors (Lipinski definition) is 4. The minimum Gasteiger partial charge on any atom is -0.334 e. The van der Waals surface area contributed by atoms with Crippen LogP contribution >= 0.6 is 0 Å². The summed E-state index contributed by atoms with van der Waals surface area (Å²) in [6.07, 6.45) is 0.844. The molecule has 1 N–H and O–H groups in total. The van der Waals surface area contributed by atoms with Crippen molar-refractivity contribution >= 4 is 11.0 Å². The van der Waals surface area contributed by atoms with E-state index in [9.17, 15) is 13.6 Å². The van der Waals surface area contributed by atoms with Crippen molar-refractivity contribution in [2.75, 3.05) is 0 Å². The molecule has 0 bridgehead atoms. The monoisotopic (exact) mass is 356 g/mol. The zero-order valence-corrected chi connectivity index (χ0v) is 13.8. The summed E-state index contributed by atoms with van der Waals surface area (Å²) in [5.74, 6) is -1.57. The minimum absolute atomic E-state index is 0.0797. The number of imidazole rings is 1. The molecule has 0 atom stereocenters. The van der Waals surface area contributed by atoms with Crippen molar-refractivity contribution in [3.63, 3.8) is 0 Å². The maximum atomic E-state index is 13.4. The third-order valence-electron chi connectivity index (χ3n) is 4.07. The Labute approximate surface area is 146 Å². The van der Waals surface area contributed by atoms with Gasteiger partial charge in [0.25, 0.3) is 5.89 Å². The van der Waals surface area contributed by atoms with Gasteiger partial charge >= 0.3 is 5.69 Å². The highest BCUT2D eigenvalue weighted by molar-refractivity contribution is 5.80. The molecule has 8 heteroatoms. The fraction of sp³-hybridized carbons (Fsp3) is 0.167. The van der Waals surface area contributed by atoms with E-state index in [1.807, 2.05) is 13.0 Å². The molecule has 132 valence electrons. The van der Waals surface area contributed by atoms with Crippen LogP contribution in [0.3, 0.4) is 0 Å². The van der Waals surface area contributed by atoms with Gasteiger partial charge in [-0.15, -0.1) is 0 Å². The van der Waals surface area contributed by atoms with Crippen LogP contribution in [0.25, 0.3) is 33.9 Å². The second-order valence-corrected chi connectivity index (χ2v) is 5.87. The molecule has 2 aromatic carbocycles. The Morgan fingerprint density at radius 1 is 1.12 bits per heavy atom. The average Bonchev–Trinajstić information content (AvgIpc) is 3.23. The first-order valence-corrected chi connectivity index (χ1v) is 8.09. The van der Waals surface area contributed by atoms with Crippen LogP contribution in [-0.2, 0) is 6.54 Å². The molecule has 2 aromatic heterocycles. The summed E-state index contributed by atoms with van der Waals surface area (Å²) in [7, 11) is 0. The second-order valence-electron chi connectivity index (χ2n) is 5.87. The minimum atomic E-state index is -0.987. The average molecular weight is 356 g/mol. The number of nitrogens with one attached hydrogen (secondary N) is 1. The van der Waals surface area contributed by atoms with Crippen LogP contribution in [0.15, 0.2) is 45.7 Å². The van der Waals surface area contributed by atoms with E-state index in [1.54, 1.807) is 16.7 Å². The number of rotatable bonds is 4. The van der Waals surface area contributed by atoms with Crippen molar-refractivity contribution < 1.29 is 13.3 Å². The summed E-state index contributed by atoms with van der Waals surface area (Å²) >= 11 is 0. The van der Waals surface area contributed by atoms with Crippen LogP contribution in [0.5, 0.6) is 0 Å². The molecule has 0 aliphatic rings. The summed E-state index contributed by atoms with van der Waals surface area (Å²) in [4.78, 5) is 19.0. The van der Waals surface area contributed by atoms with Gasteiger partial charge in [-0.25, -0.2) is 13.6 Å². The Morgan fingerprint density at radius 3 is 2.69 bits per heavy atom. The molecule has 0 aliphatic carbocycles. The lowest BCUT2D eigenvalue weighted by Crippen LogP contribution is -2.16. The van der Waals surface area contributed by atoms with Gasteiger partial charge in [0, 0.05) is 17.7 Å². The third-order valence-corrected chi connectivity index (χ3v) is 4.07. The van der Waals surface area contributed by atoms with Crippen LogP contribution in [-0.4, -0.2) is 19.7 Å². The zero-order valence-electron chi connectivity index (χ0n) is 13.8. The van der Waals surface area contributed by atoms with Gasteiger partial charge in [-0.05, 0) is 42.8 Å².